The second-order valence-corrected chi connectivity index (χ2v) is 11.6. The molecule has 4 atom stereocenters. The molecule has 2 amide bonds. The van der Waals surface area contributed by atoms with Crippen LogP contribution >= 0.6 is 36.4 Å². The van der Waals surface area contributed by atoms with E-state index in [-0.39, 0.29) is 66.0 Å². The standard InChI is InChI=1S/C27H31ClN4O8.2ClH/c1-32(2)20-13-6-11-5-12-7-14(28)19(31-15(33)9-30-8-10-3-4-10)22(35)16(12)21(34)17(11)24(37)27(13,40)25(38)18(23(20)36)26(29)39;;/h7,10-11,13,20,30,34-35,38,40H,3-6,8-9H2,1-2H3,(H2,29,39)(H,31,33);2*1H/t11?,13?,20-,27-;;/m0../s1. The summed E-state index contributed by atoms with van der Waals surface area (Å²) in [5.41, 5.74) is 1.53. The van der Waals surface area contributed by atoms with Gasteiger partial charge in [-0.05, 0) is 69.8 Å². The van der Waals surface area contributed by atoms with Gasteiger partial charge >= 0.3 is 0 Å². The van der Waals surface area contributed by atoms with Gasteiger partial charge in [-0.2, -0.15) is 0 Å². The molecule has 0 spiro atoms. The quantitative estimate of drug-likeness (QED) is 0.167. The molecule has 1 aromatic carbocycles. The lowest BCUT2D eigenvalue weighted by atomic mass is 9.57. The first-order valence-corrected chi connectivity index (χ1v) is 13.4. The summed E-state index contributed by atoms with van der Waals surface area (Å²) in [5.74, 6) is -7.42. The molecule has 5 rings (SSSR count). The number of Topliss-reactive ketones (excluding diaryl/α,β-unsaturated/α-hetero) is 2. The van der Waals surface area contributed by atoms with E-state index in [4.69, 9.17) is 17.3 Å². The number of carbonyl (C=O) groups is 4. The summed E-state index contributed by atoms with van der Waals surface area (Å²) in [5, 5.41) is 50.5. The molecule has 0 bridgehead atoms. The summed E-state index contributed by atoms with van der Waals surface area (Å²) in [7, 11) is 3.06. The van der Waals surface area contributed by atoms with Crippen molar-refractivity contribution in [2.24, 2.45) is 23.5 Å². The molecule has 0 aromatic heterocycles. The monoisotopic (exact) mass is 646 g/mol. The Morgan fingerprint density at radius 2 is 1.81 bits per heavy atom. The molecule has 4 aliphatic rings. The molecule has 2 unspecified atom stereocenters. The number of likely N-dealkylation sites (N-methyl/N-ethyl adjacent to an activating group) is 1. The van der Waals surface area contributed by atoms with E-state index in [1.807, 2.05) is 0 Å². The van der Waals surface area contributed by atoms with Crippen LogP contribution in [0.5, 0.6) is 5.75 Å². The molecule has 0 radical (unpaired) electrons. The first-order valence-electron chi connectivity index (χ1n) is 13.0. The molecule has 0 aliphatic heterocycles. The fourth-order valence-electron chi connectivity index (χ4n) is 6.28. The number of aliphatic hydroxyl groups is 3. The minimum absolute atomic E-state index is 0. The zero-order valence-electron chi connectivity index (χ0n) is 22.8. The highest BCUT2D eigenvalue weighted by molar-refractivity contribution is 6.34. The molecule has 12 nitrogen and oxygen atoms in total. The topological polar surface area (TPSA) is 203 Å². The predicted molar refractivity (Wildman–Crippen MR) is 158 cm³/mol. The fourth-order valence-corrected chi connectivity index (χ4v) is 6.55. The number of hydrogen-bond donors (Lipinski definition) is 7. The molecular formula is C27H33Cl3N4O8. The van der Waals surface area contributed by atoms with E-state index >= 15 is 0 Å². The van der Waals surface area contributed by atoms with Crippen molar-refractivity contribution < 1.29 is 39.6 Å². The van der Waals surface area contributed by atoms with Crippen molar-refractivity contribution in [1.82, 2.24) is 10.2 Å². The summed E-state index contributed by atoms with van der Waals surface area (Å²) < 4.78 is 0. The van der Waals surface area contributed by atoms with E-state index in [0.717, 1.165) is 12.8 Å². The predicted octanol–water partition coefficient (Wildman–Crippen LogP) is 1.40. The van der Waals surface area contributed by atoms with Gasteiger partial charge in [0.2, 0.25) is 11.7 Å². The number of carbonyl (C=O) groups excluding carboxylic acids is 4. The molecule has 1 aromatic rings. The van der Waals surface area contributed by atoms with E-state index in [9.17, 15) is 39.6 Å². The number of nitrogens with one attached hydrogen (secondary N) is 2. The first kappa shape index (κ1) is 33.6. The van der Waals surface area contributed by atoms with Gasteiger partial charge < -0.3 is 36.8 Å². The Morgan fingerprint density at radius 1 is 1.17 bits per heavy atom. The Balaban J connectivity index is 0.00000242. The maximum atomic E-state index is 13.9. The van der Waals surface area contributed by atoms with Crippen molar-refractivity contribution in [1.29, 1.82) is 0 Å². The Morgan fingerprint density at radius 3 is 2.38 bits per heavy atom. The Kier molecular flexibility index (Phi) is 9.62. The largest absolute Gasteiger partial charge is 0.508 e. The van der Waals surface area contributed by atoms with Gasteiger partial charge in [0.25, 0.3) is 5.91 Å². The van der Waals surface area contributed by atoms with Crippen molar-refractivity contribution in [3.63, 3.8) is 0 Å². The molecular weight excluding hydrogens is 615 g/mol. The highest BCUT2D eigenvalue weighted by atomic mass is 35.5. The zero-order chi connectivity index (χ0) is 29.3. The molecule has 0 saturated heterocycles. The van der Waals surface area contributed by atoms with Crippen LogP contribution in [0.25, 0.3) is 5.76 Å². The highest BCUT2D eigenvalue weighted by Crippen LogP contribution is 2.54. The van der Waals surface area contributed by atoms with Crippen LogP contribution in [0.3, 0.4) is 0 Å². The molecule has 42 heavy (non-hydrogen) atoms. The number of fused-ring (bicyclic) bond motifs is 3. The maximum absolute atomic E-state index is 13.9. The smallest absolute Gasteiger partial charge is 0.255 e. The second-order valence-electron chi connectivity index (χ2n) is 11.2. The summed E-state index contributed by atoms with van der Waals surface area (Å²) in [6.07, 6.45) is 2.28. The Hall–Kier alpha value is -2.87. The van der Waals surface area contributed by atoms with E-state index < -0.39 is 69.7 Å². The van der Waals surface area contributed by atoms with E-state index in [1.165, 1.54) is 25.1 Å². The van der Waals surface area contributed by atoms with Crippen LogP contribution < -0.4 is 16.4 Å². The van der Waals surface area contributed by atoms with Crippen LogP contribution in [-0.4, -0.2) is 87.5 Å². The van der Waals surface area contributed by atoms with Crippen LogP contribution in [0.4, 0.5) is 5.69 Å². The molecule has 0 heterocycles. The summed E-state index contributed by atoms with van der Waals surface area (Å²) in [6.45, 7) is 0.668. The minimum Gasteiger partial charge on any atom is -0.508 e. The number of amides is 2. The van der Waals surface area contributed by atoms with Crippen LogP contribution in [-0.2, 0) is 25.6 Å². The van der Waals surface area contributed by atoms with Crippen molar-refractivity contribution in [3.05, 3.63) is 39.1 Å². The van der Waals surface area contributed by atoms with Crippen LogP contribution in [0, 0.1) is 17.8 Å². The Labute approximate surface area is 258 Å². The van der Waals surface area contributed by atoms with Crippen molar-refractivity contribution >= 4 is 71.2 Å². The molecule has 230 valence electrons. The summed E-state index contributed by atoms with van der Waals surface area (Å²) >= 11 is 6.40. The molecule has 2 fully saturated rings. The number of ketones is 2. The summed E-state index contributed by atoms with van der Waals surface area (Å²) in [4.78, 5) is 53.0. The number of phenolic OH excluding ortho intramolecular Hbond substituents is 1. The van der Waals surface area contributed by atoms with Crippen LogP contribution in [0.2, 0.25) is 5.02 Å². The van der Waals surface area contributed by atoms with Gasteiger partial charge in [-0.25, -0.2) is 0 Å². The number of aromatic hydroxyl groups is 1. The van der Waals surface area contributed by atoms with Gasteiger partial charge in [0.1, 0.15) is 22.8 Å². The third-order valence-electron chi connectivity index (χ3n) is 8.34. The zero-order valence-corrected chi connectivity index (χ0v) is 25.2. The average Bonchev–Trinajstić information content (AvgIpc) is 3.68. The number of nitrogens with zero attached hydrogens (tertiary/aromatic N) is 1. The lowest BCUT2D eigenvalue weighted by Crippen LogP contribution is -2.65. The Bertz CT molecular complexity index is 1420. The number of rotatable bonds is 7. The SMILES string of the molecule is CN(C)[C@@H]1C(=O)C(C(N)=O)=C(O)[C@@]2(O)C(=O)C3=C(O)c4c(cc(Cl)c(NC(=O)CNCC5CC5)c4O)CC3CC12.Cl.Cl. The normalized spacial score (nSPS) is 26.5. The van der Waals surface area contributed by atoms with Crippen molar-refractivity contribution in [3.8, 4) is 5.75 Å². The first-order chi connectivity index (χ1) is 18.8. The van der Waals surface area contributed by atoms with Gasteiger partial charge in [0.05, 0.1) is 23.2 Å². The third-order valence-corrected chi connectivity index (χ3v) is 8.64. The van der Waals surface area contributed by atoms with E-state index in [1.54, 1.807) is 0 Å². The minimum atomic E-state index is -2.73. The summed E-state index contributed by atoms with van der Waals surface area (Å²) in [6, 6.07) is 0.306. The van der Waals surface area contributed by atoms with Crippen LogP contribution in [0.15, 0.2) is 23.0 Å². The van der Waals surface area contributed by atoms with Crippen molar-refractivity contribution in [2.75, 3.05) is 32.5 Å². The molecule has 8 N–H and O–H groups in total. The third kappa shape index (κ3) is 5.24. The van der Waals surface area contributed by atoms with E-state index in [2.05, 4.69) is 10.6 Å². The fraction of sp³-hybridized carbons (Fsp3) is 0.481. The average molecular weight is 648 g/mol. The van der Waals surface area contributed by atoms with Gasteiger partial charge in [-0.15, -0.1) is 24.8 Å². The number of halogens is 3. The van der Waals surface area contributed by atoms with Crippen LogP contribution in [0.1, 0.15) is 30.4 Å². The number of hydrogen-bond acceptors (Lipinski definition) is 10. The van der Waals surface area contributed by atoms with Crippen molar-refractivity contribution in [2.45, 2.75) is 37.3 Å². The lowest BCUT2D eigenvalue weighted by Gasteiger charge is -2.50. The number of primary amides is 1. The molecule has 15 heteroatoms. The highest BCUT2D eigenvalue weighted by Gasteiger charge is 2.64. The van der Waals surface area contributed by atoms with Gasteiger partial charge in [-0.3, -0.25) is 24.1 Å². The molecule has 2 saturated carbocycles. The second kappa shape index (κ2) is 12.0. The number of aliphatic hydroxyl groups excluding tert-OH is 2. The number of benzene rings is 1. The van der Waals surface area contributed by atoms with Gasteiger partial charge in [-0.1, -0.05) is 11.6 Å². The number of phenols is 1. The number of anilines is 1. The maximum Gasteiger partial charge on any atom is 0.255 e. The number of nitrogens with two attached hydrogens (primary N) is 1. The lowest BCUT2D eigenvalue weighted by molar-refractivity contribution is -0.153. The van der Waals surface area contributed by atoms with Gasteiger partial charge in [0, 0.05) is 11.5 Å². The van der Waals surface area contributed by atoms with E-state index in [0.29, 0.717) is 18.0 Å². The van der Waals surface area contributed by atoms with Gasteiger partial charge in [0.15, 0.2) is 17.1 Å². The molecule has 4 aliphatic carbocycles.